The Balaban J connectivity index is 2.97. The second-order valence-electron chi connectivity index (χ2n) is 4.27. The number of ether oxygens (including phenoxy) is 2. The summed E-state index contributed by atoms with van der Waals surface area (Å²) in [4.78, 5) is 0. The molecule has 0 N–H and O–H groups in total. The van der Waals surface area contributed by atoms with E-state index in [9.17, 15) is 0 Å². The Bertz CT molecular complexity index is 383. The molecule has 0 aliphatic heterocycles. The lowest BCUT2D eigenvalue weighted by Gasteiger charge is -2.17. The lowest BCUT2D eigenvalue weighted by atomic mass is 9.96. The van der Waals surface area contributed by atoms with Gasteiger partial charge in [0.25, 0.3) is 0 Å². The van der Waals surface area contributed by atoms with Crippen LogP contribution >= 0.6 is 0 Å². The Hall–Kier alpha value is -1.44. The van der Waals surface area contributed by atoms with Gasteiger partial charge in [-0.15, -0.1) is 0 Å². The molecule has 1 rings (SSSR count). The van der Waals surface area contributed by atoms with Crippen molar-refractivity contribution in [1.29, 1.82) is 0 Å². The van der Waals surface area contributed by atoms with Crippen LogP contribution in [0.15, 0.2) is 30.4 Å². The quantitative estimate of drug-likeness (QED) is 0.659. The van der Waals surface area contributed by atoms with Crippen LogP contribution < -0.4 is 9.47 Å². The minimum Gasteiger partial charge on any atom is -0.494 e. The van der Waals surface area contributed by atoms with Gasteiger partial charge in [0.15, 0.2) is 0 Å². The summed E-state index contributed by atoms with van der Waals surface area (Å²) in [5.74, 6) is 2.32. The predicted molar refractivity (Wildman–Crippen MR) is 76.6 cm³/mol. The normalized spacial score (nSPS) is 12.7. The molecule has 100 valence electrons. The molecule has 0 saturated carbocycles. The first-order chi connectivity index (χ1) is 8.72. The lowest BCUT2D eigenvalue weighted by molar-refractivity contribution is 0.325. The van der Waals surface area contributed by atoms with Crippen molar-refractivity contribution in [2.24, 2.45) is 0 Å². The molecule has 1 aromatic rings. The number of rotatable bonds is 7. The number of hydrogen-bond donors (Lipinski definition) is 0. The van der Waals surface area contributed by atoms with Crippen LogP contribution in [0.1, 0.15) is 45.6 Å². The van der Waals surface area contributed by atoms with Crippen molar-refractivity contribution in [1.82, 2.24) is 0 Å². The van der Waals surface area contributed by atoms with Crippen LogP contribution in [-0.4, -0.2) is 13.2 Å². The highest BCUT2D eigenvalue weighted by Gasteiger charge is 2.12. The van der Waals surface area contributed by atoms with Crippen molar-refractivity contribution in [3.05, 3.63) is 35.9 Å². The molecule has 0 fully saturated rings. The summed E-state index contributed by atoms with van der Waals surface area (Å²) in [6.07, 6.45) is 5.29. The highest BCUT2D eigenvalue weighted by molar-refractivity contribution is 5.42. The summed E-state index contributed by atoms with van der Waals surface area (Å²) < 4.78 is 11.3. The van der Waals surface area contributed by atoms with Crippen molar-refractivity contribution < 1.29 is 9.47 Å². The van der Waals surface area contributed by atoms with E-state index in [-0.39, 0.29) is 0 Å². The average Bonchev–Trinajstić information content (AvgIpc) is 2.38. The number of benzene rings is 1. The molecular formula is C16H24O2. The molecule has 0 aliphatic rings. The van der Waals surface area contributed by atoms with Crippen molar-refractivity contribution in [3.8, 4) is 11.5 Å². The molecule has 1 aromatic carbocycles. The van der Waals surface area contributed by atoms with Crippen molar-refractivity contribution in [2.45, 2.75) is 40.0 Å². The van der Waals surface area contributed by atoms with Crippen molar-refractivity contribution in [2.75, 3.05) is 13.2 Å². The van der Waals surface area contributed by atoms with Gasteiger partial charge in [-0.2, -0.15) is 0 Å². The summed E-state index contributed by atoms with van der Waals surface area (Å²) >= 11 is 0. The van der Waals surface area contributed by atoms with E-state index < -0.39 is 0 Å². The van der Waals surface area contributed by atoms with Gasteiger partial charge >= 0.3 is 0 Å². The second kappa shape index (κ2) is 7.80. The van der Waals surface area contributed by atoms with Crippen LogP contribution in [0.5, 0.6) is 11.5 Å². The molecule has 0 radical (unpaired) electrons. The Kier molecular flexibility index (Phi) is 6.34. The van der Waals surface area contributed by atoms with Gasteiger partial charge in [0.1, 0.15) is 11.5 Å². The molecule has 0 bridgehead atoms. The zero-order chi connectivity index (χ0) is 13.4. The van der Waals surface area contributed by atoms with Gasteiger partial charge in [-0.1, -0.05) is 19.1 Å². The molecule has 2 nitrogen and oxygen atoms in total. The fourth-order valence-electron chi connectivity index (χ4n) is 1.92. The fraction of sp³-hybridized carbons (Fsp3) is 0.500. The molecule has 18 heavy (non-hydrogen) atoms. The van der Waals surface area contributed by atoms with E-state index in [4.69, 9.17) is 9.47 Å². The Morgan fingerprint density at radius 3 is 2.50 bits per heavy atom. The summed E-state index contributed by atoms with van der Waals surface area (Å²) in [6, 6.07) is 6.08. The van der Waals surface area contributed by atoms with Crippen LogP contribution in [-0.2, 0) is 0 Å². The molecule has 0 aliphatic carbocycles. The third-order valence-electron chi connectivity index (χ3n) is 2.85. The molecule has 0 aromatic heterocycles. The van der Waals surface area contributed by atoms with Crippen LogP contribution in [0.3, 0.4) is 0 Å². The third-order valence-corrected chi connectivity index (χ3v) is 2.85. The van der Waals surface area contributed by atoms with Crippen LogP contribution in [0.2, 0.25) is 0 Å². The Morgan fingerprint density at radius 2 is 1.89 bits per heavy atom. The number of allylic oxidation sites excluding steroid dienone is 2. The first-order valence-corrected chi connectivity index (χ1v) is 6.73. The van der Waals surface area contributed by atoms with Gasteiger partial charge < -0.3 is 9.47 Å². The molecule has 2 heteroatoms. The maximum Gasteiger partial charge on any atom is 0.123 e. The van der Waals surface area contributed by atoms with E-state index in [0.717, 1.165) is 17.9 Å². The van der Waals surface area contributed by atoms with E-state index in [0.29, 0.717) is 19.1 Å². The Labute approximate surface area is 111 Å². The summed E-state index contributed by atoms with van der Waals surface area (Å²) in [6.45, 7) is 9.66. The van der Waals surface area contributed by atoms with E-state index in [1.54, 1.807) is 0 Å². The van der Waals surface area contributed by atoms with Crippen LogP contribution in [0.25, 0.3) is 0 Å². The second-order valence-corrected chi connectivity index (χ2v) is 4.27. The zero-order valence-corrected chi connectivity index (χ0v) is 11.9. The highest BCUT2D eigenvalue weighted by atomic mass is 16.5. The molecule has 1 unspecified atom stereocenters. The monoisotopic (exact) mass is 248 g/mol. The first-order valence-electron chi connectivity index (χ1n) is 6.73. The number of hydrogen-bond acceptors (Lipinski definition) is 2. The van der Waals surface area contributed by atoms with Gasteiger partial charge in [-0.3, -0.25) is 0 Å². The first kappa shape index (κ1) is 14.6. The van der Waals surface area contributed by atoms with Crippen molar-refractivity contribution >= 4 is 0 Å². The van der Waals surface area contributed by atoms with Gasteiger partial charge in [-0.25, -0.2) is 0 Å². The molecule has 0 amide bonds. The van der Waals surface area contributed by atoms with Gasteiger partial charge in [0, 0.05) is 5.56 Å². The summed E-state index contributed by atoms with van der Waals surface area (Å²) in [7, 11) is 0. The topological polar surface area (TPSA) is 18.5 Å². The summed E-state index contributed by atoms with van der Waals surface area (Å²) in [5.41, 5.74) is 1.22. The van der Waals surface area contributed by atoms with E-state index in [1.807, 2.05) is 32.9 Å². The predicted octanol–water partition coefficient (Wildman–Crippen LogP) is 4.55. The largest absolute Gasteiger partial charge is 0.494 e. The zero-order valence-electron chi connectivity index (χ0n) is 11.9. The smallest absolute Gasteiger partial charge is 0.123 e. The molecular weight excluding hydrogens is 224 g/mol. The van der Waals surface area contributed by atoms with Gasteiger partial charge in [0.2, 0.25) is 0 Å². The van der Waals surface area contributed by atoms with E-state index in [2.05, 4.69) is 25.1 Å². The minimum absolute atomic E-state index is 0.433. The highest BCUT2D eigenvalue weighted by Crippen LogP contribution is 2.32. The third kappa shape index (κ3) is 4.10. The maximum absolute atomic E-state index is 5.69. The maximum atomic E-state index is 5.69. The van der Waals surface area contributed by atoms with Crippen LogP contribution in [0, 0.1) is 0 Å². The fourth-order valence-corrected chi connectivity index (χ4v) is 1.92. The van der Waals surface area contributed by atoms with Crippen molar-refractivity contribution in [3.63, 3.8) is 0 Å². The standard InChI is InChI=1S/C16H24O2/c1-5-8-9-13(4)15-12-14(17-6-2)10-11-16(15)18-7-3/h5,8,10-13H,6-7,9H2,1-4H3/b8-5-. The Morgan fingerprint density at radius 1 is 1.17 bits per heavy atom. The average molecular weight is 248 g/mol. The molecule has 0 spiro atoms. The molecule has 0 saturated heterocycles. The van der Waals surface area contributed by atoms with Gasteiger partial charge in [0.05, 0.1) is 13.2 Å². The minimum atomic E-state index is 0.433. The summed E-state index contributed by atoms with van der Waals surface area (Å²) in [5, 5.41) is 0. The lowest BCUT2D eigenvalue weighted by Crippen LogP contribution is -2.01. The molecule has 0 heterocycles. The molecule has 1 atom stereocenters. The van der Waals surface area contributed by atoms with E-state index >= 15 is 0 Å². The SMILES string of the molecule is C/C=C\CC(C)c1cc(OCC)ccc1OCC. The van der Waals surface area contributed by atoms with Crippen LogP contribution in [0.4, 0.5) is 0 Å². The van der Waals surface area contributed by atoms with E-state index in [1.165, 1.54) is 5.56 Å². The van der Waals surface area contributed by atoms with Gasteiger partial charge in [-0.05, 0) is 51.3 Å².